The number of esters is 2. The Morgan fingerprint density at radius 3 is 1.55 bits per heavy atom. The summed E-state index contributed by atoms with van der Waals surface area (Å²) in [5, 5.41) is 24.2. The van der Waals surface area contributed by atoms with Crippen molar-refractivity contribution in [2.45, 2.75) is 102 Å². The molecule has 2 heterocycles. The normalized spacial score (nSPS) is 14.9. The Bertz CT molecular complexity index is 2420. The summed E-state index contributed by atoms with van der Waals surface area (Å²) in [6.45, 7) is 5.92. The fourth-order valence-corrected chi connectivity index (χ4v) is 9.36. The molecule has 2 fully saturated rings. The van der Waals surface area contributed by atoms with Crippen LogP contribution in [0.4, 0.5) is 0 Å². The molecule has 58 heavy (non-hydrogen) atoms. The highest BCUT2D eigenvalue weighted by molar-refractivity contribution is 6.00. The van der Waals surface area contributed by atoms with Gasteiger partial charge in [-0.1, -0.05) is 94.3 Å². The lowest BCUT2D eigenvalue weighted by molar-refractivity contribution is 0.0592. The first-order chi connectivity index (χ1) is 28.3. The number of benzene rings is 4. The fourth-order valence-electron chi connectivity index (χ4n) is 9.36. The number of carbonyl (C=O) groups excluding carboxylic acids is 2. The standard InChI is InChI=1S/C25H29NO3.C25H27NO3/c2*1-3-8-17-11-7-12-20(24(17)27)23-22(16-9-5-4-6-10-16)19-14-13-18(25(28)29-2)15-21(19)26-23/h7,11-16,26-27H,3-6,8-10H2,1-2H3;3,7,11-16,26-27H,1,4-6,8-10H2,2H3. The number of allylic oxidation sites excluding steroid dienone is 1. The molecule has 302 valence electrons. The highest BCUT2D eigenvalue weighted by atomic mass is 16.5. The van der Waals surface area contributed by atoms with Gasteiger partial charge in [-0.15, -0.1) is 6.58 Å². The molecule has 2 aromatic heterocycles. The Hall–Kier alpha value is -5.76. The van der Waals surface area contributed by atoms with Crippen LogP contribution in [0.1, 0.15) is 132 Å². The van der Waals surface area contributed by atoms with Crippen molar-refractivity contribution in [2.75, 3.05) is 14.2 Å². The molecule has 8 heteroatoms. The predicted molar refractivity (Wildman–Crippen MR) is 233 cm³/mol. The number of ether oxygens (including phenoxy) is 2. The number of hydrogen-bond donors (Lipinski definition) is 4. The first-order valence-corrected chi connectivity index (χ1v) is 21.0. The van der Waals surface area contributed by atoms with E-state index in [1.165, 1.54) is 63.9 Å². The number of hydrogen-bond acceptors (Lipinski definition) is 6. The van der Waals surface area contributed by atoms with E-state index in [1.807, 2.05) is 72.8 Å². The Balaban J connectivity index is 0.000000177. The van der Waals surface area contributed by atoms with Gasteiger partial charge in [0.1, 0.15) is 11.5 Å². The third-order valence-corrected chi connectivity index (χ3v) is 12.2. The maximum atomic E-state index is 12.0. The van der Waals surface area contributed by atoms with E-state index in [0.29, 0.717) is 40.9 Å². The minimum absolute atomic E-state index is 0.296. The predicted octanol–water partition coefficient (Wildman–Crippen LogP) is 12.4. The molecule has 2 aliphatic carbocycles. The average molecular weight is 781 g/mol. The van der Waals surface area contributed by atoms with Crippen molar-refractivity contribution in [2.24, 2.45) is 0 Å². The summed E-state index contributed by atoms with van der Waals surface area (Å²) in [5.74, 6) is 0.883. The van der Waals surface area contributed by atoms with Crippen LogP contribution >= 0.6 is 0 Å². The lowest BCUT2D eigenvalue weighted by atomic mass is 9.81. The first kappa shape index (κ1) is 40.4. The van der Waals surface area contributed by atoms with Gasteiger partial charge in [-0.05, 0) is 109 Å². The van der Waals surface area contributed by atoms with Crippen LogP contribution < -0.4 is 0 Å². The van der Waals surface area contributed by atoms with Crippen LogP contribution in [-0.2, 0) is 22.3 Å². The zero-order chi connectivity index (χ0) is 40.8. The summed E-state index contributed by atoms with van der Waals surface area (Å²) in [5.41, 5.74) is 10.9. The monoisotopic (exact) mass is 780 g/mol. The number of phenolic OH excluding ortho intramolecular Hbond substituents is 2. The van der Waals surface area contributed by atoms with Crippen molar-refractivity contribution in [3.63, 3.8) is 0 Å². The van der Waals surface area contributed by atoms with Gasteiger partial charge >= 0.3 is 11.9 Å². The van der Waals surface area contributed by atoms with Crippen LogP contribution in [0.5, 0.6) is 11.5 Å². The lowest BCUT2D eigenvalue weighted by Crippen LogP contribution is -2.05. The second kappa shape index (κ2) is 18.2. The second-order valence-corrected chi connectivity index (χ2v) is 15.9. The second-order valence-electron chi connectivity index (χ2n) is 15.9. The van der Waals surface area contributed by atoms with Crippen molar-refractivity contribution in [3.05, 3.63) is 119 Å². The van der Waals surface area contributed by atoms with Crippen LogP contribution in [0.3, 0.4) is 0 Å². The molecule has 8 rings (SSSR count). The van der Waals surface area contributed by atoms with Crippen LogP contribution in [0.2, 0.25) is 0 Å². The number of aromatic hydroxyl groups is 2. The number of methoxy groups -OCH3 is 2. The summed E-state index contributed by atoms with van der Waals surface area (Å²) >= 11 is 0. The van der Waals surface area contributed by atoms with E-state index < -0.39 is 0 Å². The number of fused-ring (bicyclic) bond motifs is 2. The van der Waals surface area contributed by atoms with Gasteiger partial charge in [-0.3, -0.25) is 0 Å². The van der Waals surface area contributed by atoms with E-state index in [2.05, 4.69) is 23.5 Å². The first-order valence-electron chi connectivity index (χ1n) is 21.0. The molecule has 8 nitrogen and oxygen atoms in total. The van der Waals surface area contributed by atoms with Gasteiger partial charge in [-0.25, -0.2) is 9.59 Å². The van der Waals surface area contributed by atoms with Crippen LogP contribution in [0, 0.1) is 0 Å². The van der Waals surface area contributed by atoms with E-state index in [9.17, 15) is 19.8 Å². The number of para-hydroxylation sites is 2. The molecule has 0 atom stereocenters. The van der Waals surface area contributed by atoms with Crippen molar-refractivity contribution < 1.29 is 29.3 Å². The number of H-pyrrole nitrogens is 2. The molecule has 2 saturated carbocycles. The van der Waals surface area contributed by atoms with Gasteiger partial charge in [0, 0.05) is 32.9 Å². The molecular weight excluding hydrogens is 725 g/mol. The quantitative estimate of drug-likeness (QED) is 0.0810. The molecule has 4 aromatic carbocycles. The largest absolute Gasteiger partial charge is 0.507 e. The van der Waals surface area contributed by atoms with Crippen LogP contribution in [0.15, 0.2) is 85.5 Å². The van der Waals surface area contributed by atoms with Crippen molar-refractivity contribution in [3.8, 4) is 34.0 Å². The Morgan fingerprint density at radius 1 is 0.672 bits per heavy atom. The SMILES string of the molecule is C=CCc1cccc(-c2[nH]c3cc(C(=O)OC)ccc3c2C2CCCCC2)c1O.CCCc1cccc(-c2[nH]c3cc(C(=O)OC)ccc3c2C2CCCCC2)c1O. The smallest absolute Gasteiger partial charge is 0.337 e. The summed E-state index contributed by atoms with van der Waals surface area (Å²) < 4.78 is 9.77. The van der Waals surface area contributed by atoms with Gasteiger partial charge in [0.2, 0.25) is 0 Å². The molecule has 0 spiro atoms. The number of aromatic amines is 2. The minimum atomic E-state index is -0.349. The van der Waals surface area contributed by atoms with Gasteiger partial charge in [0.25, 0.3) is 0 Å². The van der Waals surface area contributed by atoms with Crippen LogP contribution in [0.25, 0.3) is 44.3 Å². The van der Waals surface area contributed by atoms with E-state index in [1.54, 1.807) is 6.08 Å². The molecule has 0 amide bonds. The molecule has 0 radical (unpaired) electrons. The molecular formula is C50H56N2O6. The molecule has 6 aromatic rings. The fraction of sp³-hybridized carbons (Fsp3) is 0.360. The number of aromatic nitrogens is 2. The third kappa shape index (κ3) is 8.15. The van der Waals surface area contributed by atoms with Gasteiger partial charge in [0.15, 0.2) is 0 Å². The average Bonchev–Trinajstić information content (AvgIpc) is 3.84. The molecule has 4 N–H and O–H groups in total. The highest BCUT2D eigenvalue weighted by Gasteiger charge is 2.27. The number of carbonyl (C=O) groups is 2. The van der Waals surface area contributed by atoms with Crippen molar-refractivity contribution >= 4 is 33.7 Å². The molecule has 0 bridgehead atoms. The van der Waals surface area contributed by atoms with E-state index in [0.717, 1.165) is 94.0 Å². The van der Waals surface area contributed by atoms with Crippen molar-refractivity contribution in [1.82, 2.24) is 9.97 Å². The van der Waals surface area contributed by atoms with Gasteiger partial charge in [-0.2, -0.15) is 0 Å². The number of nitrogens with one attached hydrogen (secondary N) is 2. The molecule has 0 unspecified atom stereocenters. The number of aryl methyl sites for hydroxylation is 1. The van der Waals surface area contributed by atoms with E-state index >= 15 is 0 Å². The maximum absolute atomic E-state index is 12.0. The summed E-state index contributed by atoms with van der Waals surface area (Å²) in [6, 6.07) is 23.3. The zero-order valence-electron chi connectivity index (χ0n) is 34.1. The van der Waals surface area contributed by atoms with E-state index in [4.69, 9.17) is 9.47 Å². The number of phenols is 2. The Kier molecular flexibility index (Phi) is 12.7. The lowest BCUT2D eigenvalue weighted by Gasteiger charge is -2.23. The number of rotatable bonds is 10. The maximum Gasteiger partial charge on any atom is 0.337 e. The zero-order valence-corrected chi connectivity index (χ0v) is 34.1. The summed E-state index contributed by atoms with van der Waals surface area (Å²) in [7, 11) is 2.79. The van der Waals surface area contributed by atoms with E-state index in [-0.39, 0.29) is 11.9 Å². The molecule has 2 aliphatic rings. The molecule has 0 saturated heterocycles. The van der Waals surface area contributed by atoms with Gasteiger partial charge < -0.3 is 29.7 Å². The Morgan fingerprint density at radius 2 is 1.12 bits per heavy atom. The van der Waals surface area contributed by atoms with Crippen molar-refractivity contribution in [1.29, 1.82) is 0 Å². The highest BCUT2D eigenvalue weighted by Crippen LogP contribution is 2.47. The summed E-state index contributed by atoms with van der Waals surface area (Å²) in [6.07, 6.45) is 16.3. The third-order valence-electron chi connectivity index (χ3n) is 12.2. The summed E-state index contributed by atoms with van der Waals surface area (Å²) in [4.78, 5) is 31.1. The van der Waals surface area contributed by atoms with Gasteiger partial charge in [0.05, 0.1) is 36.7 Å². The molecule has 0 aliphatic heterocycles. The topological polar surface area (TPSA) is 125 Å². The Labute approximate surface area is 341 Å². The minimum Gasteiger partial charge on any atom is -0.507 e. The van der Waals surface area contributed by atoms with Crippen LogP contribution in [-0.4, -0.2) is 46.3 Å².